The Morgan fingerprint density at radius 3 is 2.95 bits per heavy atom. The number of aromatic nitrogens is 3. The van der Waals surface area contributed by atoms with E-state index < -0.39 is 7.60 Å². The van der Waals surface area contributed by atoms with Gasteiger partial charge in [-0.05, 0) is 17.5 Å². The summed E-state index contributed by atoms with van der Waals surface area (Å²) in [7, 11) is -3.99. The van der Waals surface area contributed by atoms with E-state index in [1.807, 2.05) is 29.0 Å². The summed E-state index contributed by atoms with van der Waals surface area (Å²) in [6.45, 7) is 0. The molecule has 9 heteroatoms. The van der Waals surface area contributed by atoms with Crippen molar-refractivity contribution in [2.45, 2.75) is 5.75 Å². The van der Waals surface area contributed by atoms with Crippen molar-refractivity contribution in [1.29, 1.82) is 0 Å². The molecule has 0 spiro atoms. The summed E-state index contributed by atoms with van der Waals surface area (Å²) in [5.74, 6) is 0.461. The predicted molar refractivity (Wildman–Crippen MR) is 84.5 cm³/mol. The topological polar surface area (TPSA) is 87.7 Å². The molecule has 110 valence electrons. The van der Waals surface area contributed by atoms with Crippen molar-refractivity contribution in [3.63, 3.8) is 0 Å². The van der Waals surface area contributed by atoms with E-state index in [0.717, 1.165) is 22.6 Å². The molecule has 0 saturated heterocycles. The second kappa shape index (κ2) is 5.90. The summed E-state index contributed by atoms with van der Waals surface area (Å²) in [6, 6.07) is 5.72. The molecule has 3 aromatic heterocycles. The Bertz CT molecular complexity index is 797. The van der Waals surface area contributed by atoms with Crippen LogP contribution in [0.5, 0.6) is 0 Å². The number of thioether (sulfide) groups is 1. The monoisotopic (exact) mass is 341 g/mol. The average molecular weight is 341 g/mol. The normalized spacial score (nSPS) is 12.1. The predicted octanol–water partition coefficient (Wildman–Crippen LogP) is 2.83. The molecule has 3 rings (SSSR count). The van der Waals surface area contributed by atoms with Crippen molar-refractivity contribution in [3.05, 3.63) is 40.8 Å². The fourth-order valence-corrected chi connectivity index (χ4v) is 4.29. The molecule has 0 aliphatic heterocycles. The van der Waals surface area contributed by atoms with Gasteiger partial charge in [0.15, 0.2) is 5.65 Å². The Kier molecular flexibility index (Phi) is 4.14. The fraction of sp³-hybridized carbons (Fsp3) is 0.167. The highest BCUT2D eigenvalue weighted by atomic mass is 32.2. The summed E-state index contributed by atoms with van der Waals surface area (Å²) < 4.78 is 12.6. The molecule has 0 aliphatic carbocycles. The molecule has 0 unspecified atom stereocenters. The average Bonchev–Trinajstić information content (AvgIpc) is 3.08. The van der Waals surface area contributed by atoms with Crippen LogP contribution in [0.25, 0.3) is 16.9 Å². The lowest BCUT2D eigenvalue weighted by Gasteiger charge is -2.08. The van der Waals surface area contributed by atoms with Gasteiger partial charge in [-0.1, -0.05) is 0 Å². The summed E-state index contributed by atoms with van der Waals surface area (Å²) >= 11 is 2.79. The zero-order valence-electron chi connectivity index (χ0n) is 10.8. The van der Waals surface area contributed by atoms with Gasteiger partial charge in [-0.25, -0.2) is 9.50 Å². The second-order valence-electron chi connectivity index (χ2n) is 4.39. The summed E-state index contributed by atoms with van der Waals surface area (Å²) in [5.41, 5.74) is 3.27. The van der Waals surface area contributed by atoms with E-state index in [9.17, 15) is 4.57 Å². The Morgan fingerprint density at radius 1 is 1.38 bits per heavy atom. The Labute approximate surface area is 129 Å². The first-order valence-electron chi connectivity index (χ1n) is 6.01. The van der Waals surface area contributed by atoms with Crippen molar-refractivity contribution < 1.29 is 14.4 Å². The molecule has 0 saturated carbocycles. The number of hydrogen-bond donors (Lipinski definition) is 2. The van der Waals surface area contributed by atoms with Crippen LogP contribution in [0.1, 0.15) is 5.69 Å². The zero-order valence-corrected chi connectivity index (χ0v) is 13.3. The van der Waals surface area contributed by atoms with Gasteiger partial charge >= 0.3 is 7.60 Å². The van der Waals surface area contributed by atoms with Gasteiger partial charge in [0.05, 0.1) is 23.1 Å². The van der Waals surface area contributed by atoms with Crippen molar-refractivity contribution >= 4 is 36.3 Å². The van der Waals surface area contributed by atoms with Crippen LogP contribution in [0, 0.1) is 0 Å². The minimum Gasteiger partial charge on any atom is -0.324 e. The molecule has 3 heterocycles. The number of rotatable bonds is 5. The standard InChI is InChI=1S/C12H12N3O3PS2/c16-19(17,18)8-21-7-10-5-11(9-2-4-20-6-9)14-12-1-3-13-15(10)12/h1-6H,7-8H2,(H2,16,17,18). The maximum atomic E-state index is 10.9. The molecule has 0 fully saturated rings. The Hall–Kier alpha value is -1.18. The molecule has 0 amide bonds. The second-order valence-corrected chi connectivity index (χ2v) is 8.23. The van der Waals surface area contributed by atoms with Gasteiger partial charge in [0.1, 0.15) is 0 Å². The number of hydrogen-bond acceptors (Lipinski definition) is 5. The van der Waals surface area contributed by atoms with Crippen LogP contribution in [-0.2, 0) is 10.3 Å². The van der Waals surface area contributed by atoms with Crippen LogP contribution in [0.15, 0.2) is 35.2 Å². The van der Waals surface area contributed by atoms with E-state index in [1.165, 1.54) is 11.8 Å². The molecule has 0 aliphatic rings. The van der Waals surface area contributed by atoms with Gasteiger partial charge in [-0.15, -0.1) is 11.8 Å². The molecule has 0 aromatic carbocycles. The largest absolute Gasteiger partial charge is 0.335 e. The van der Waals surface area contributed by atoms with Crippen molar-refractivity contribution in [2.75, 3.05) is 5.49 Å². The molecular formula is C12H12N3O3PS2. The van der Waals surface area contributed by atoms with E-state index in [2.05, 4.69) is 10.1 Å². The molecule has 0 atom stereocenters. The summed E-state index contributed by atoms with van der Waals surface area (Å²) in [4.78, 5) is 22.4. The quantitative estimate of drug-likeness (QED) is 0.694. The van der Waals surface area contributed by atoms with Gasteiger partial charge < -0.3 is 9.79 Å². The first-order valence-corrected chi connectivity index (χ1v) is 9.91. The lowest BCUT2D eigenvalue weighted by atomic mass is 10.2. The third-order valence-electron chi connectivity index (χ3n) is 2.76. The molecular weight excluding hydrogens is 329 g/mol. The van der Waals surface area contributed by atoms with E-state index in [1.54, 1.807) is 22.0 Å². The van der Waals surface area contributed by atoms with Crippen molar-refractivity contribution in [2.24, 2.45) is 0 Å². The number of nitrogens with zero attached hydrogens (tertiary/aromatic N) is 3. The van der Waals surface area contributed by atoms with Crippen LogP contribution in [-0.4, -0.2) is 29.9 Å². The minimum atomic E-state index is -3.99. The Balaban J connectivity index is 1.92. The molecule has 0 radical (unpaired) electrons. The number of thiophene rings is 1. The van der Waals surface area contributed by atoms with Crippen LogP contribution >= 0.6 is 30.7 Å². The maximum absolute atomic E-state index is 10.9. The van der Waals surface area contributed by atoms with Crippen molar-refractivity contribution in [1.82, 2.24) is 14.6 Å². The zero-order chi connectivity index (χ0) is 14.9. The lowest BCUT2D eigenvalue weighted by Crippen LogP contribution is -2.00. The number of fused-ring (bicyclic) bond motifs is 1. The van der Waals surface area contributed by atoms with Crippen LogP contribution in [0.3, 0.4) is 0 Å². The summed E-state index contributed by atoms with van der Waals surface area (Å²) in [6.07, 6.45) is 1.66. The molecule has 21 heavy (non-hydrogen) atoms. The van der Waals surface area contributed by atoms with Gasteiger partial charge in [-0.2, -0.15) is 16.4 Å². The van der Waals surface area contributed by atoms with E-state index in [0.29, 0.717) is 5.75 Å². The van der Waals surface area contributed by atoms with E-state index in [-0.39, 0.29) is 5.49 Å². The van der Waals surface area contributed by atoms with Crippen LogP contribution < -0.4 is 0 Å². The van der Waals surface area contributed by atoms with E-state index in [4.69, 9.17) is 9.79 Å². The molecule has 0 bridgehead atoms. The first-order chi connectivity index (χ1) is 10.0. The van der Waals surface area contributed by atoms with Gasteiger partial charge in [-0.3, -0.25) is 4.57 Å². The lowest BCUT2D eigenvalue weighted by molar-refractivity contribution is 0.379. The smallest absolute Gasteiger partial charge is 0.324 e. The highest BCUT2D eigenvalue weighted by Gasteiger charge is 2.14. The van der Waals surface area contributed by atoms with Gasteiger partial charge in [0.25, 0.3) is 0 Å². The Morgan fingerprint density at radius 2 is 2.24 bits per heavy atom. The third kappa shape index (κ3) is 3.53. The third-order valence-corrected chi connectivity index (χ3v) is 6.02. The van der Waals surface area contributed by atoms with Crippen LogP contribution in [0.2, 0.25) is 0 Å². The highest BCUT2D eigenvalue weighted by Crippen LogP contribution is 2.39. The van der Waals surface area contributed by atoms with Crippen LogP contribution in [0.4, 0.5) is 0 Å². The van der Waals surface area contributed by atoms with Gasteiger partial charge in [0.2, 0.25) is 0 Å². The minimum absolute atomic E-state index is 0.203. The highest BCUT2D eigenvalue weighted by molar-refractivity contribution is 8.03. The molecule has 2 N–H and O–H groups in total. The molecule has 6 nitrogen and oxygen atoms in total. The van der Waals surface area contributed by atoms with Crippen molar-refractivity contribution in [3.8, 4) is 11.3 Å². The first kappa shape index (κ1) is 14.7. The van der Waals surface area contributed by atoms with E-state index >= 15 is 0 Å². The SMILES string of the molecule is O=P(O)(O)CSCc1cc(-c2ccsc2)nc2ccnn12. The fourth-order valence-electron chi connectivity index (χ4n) is 1.91. The summed E-state index contributed by atoms with van der Waals surface area (Å²) in [5, 5.41) is 8.21. The molecule has 3 aromatic rings. The maximum Gasteiger partial charge on any atom is 0.335 e. The van der Waals surface area contributed by atoms with Gasteiger partial charge in [0, 0.05) is 22.8 Å².